The van der Waals surface area contributed by atoms with Crippen molar-refractivity contribution in [2.24, 2.45) is 5.73 Å². The Morgan fingerprint density at radius 3 is 2.20 bits per heavy atom. The average Bonchev–Trinajstić information content (AvgIpc) is 2.31. The highest BCUT2D eigenvalue weighted by molar-refractivity contribution is 5.85. The van der Waals surface area contributed by atoms with E-state index in [1.165, 1.54) is 10.8 Å². The highest BCUT2D eigenvalue weighted by Gasteiger charge is 1.95. The minimum absolute atomic E-state index is 0.616. The lowest BCUT2D eigenvalue weighted by molar-refractivity contribution is 1.50. The van der Waals surface area contributed by atoms with Crippen LogP contribution in [0, 0.1) is 0 Å². The topological polar surface area (TPSA) is 26.0 Å². The van der Waals surface area contributed by atoms with Crippen LogP contribution < -0.4 is 5.73 Å². The number of rotatable bonds is 1. The zero-order chi connectivity index (χ0) is 11.3. The van der Waals surface area contributed by atoms with Crippen molar-refractivity contribution in [1.29, 1.82) is 0 Å². The molecule has 0 aliphatic carbocycles. The van der Waals surface area contributed by atoms with Crippen molar-refractivity contribution in [3.8, 4) is 0 Å². The van der Waals surface area contributed by atoms with Gasteiger partial charge in [0.05, 0.1) is 0 Å². The van der Waals surface area contributed by atoms with Crippen LogP contribution in [0.2, 0.25) is 0 Å². The van der Waals surface area contributed by atoms with E-state index >= 15 is 0 Å². The average molecular weight is 199 g/mol. The SMILES string of the molecule is C=C(N)c1ccc2ccccc2c1.CC. The first-order valence-corrected chi connectivity index (χ1v) is 5.21. The molecular weight excluding hydrogens is 182 g/mol. The molecule has 15 heavy (non-hydrogen) atoms. The van der Waals surface area contributed by atoms with Crippen LogP contribution in [0.4, 0.5) is 0 Å². The van der Waals surface area contributed by atoms with Crippen LogP contribution in [0.3, 0.4) is 0 Å². The third-order valence-electron chi connectivity index (χ3n) is 2.12. The lowest BCUT2D eigenvalue weighted by Gasteiger charge is -2.01. The molecule has 0 unspecified atom stereocenters. The maximum Gasteiger partial charge on any atom is 0.0314 e. The number of hydrogen-bond acceptors (Lipinski definition) is 1. The Morgan fingerprint density at radius 1 is 1.00 bits per heavy atom. The molecule has 1 heteroatoms. The molecule has 0 fully saturated rings. The van der Waals surface area contributed by atoms with Gasteiger partial charge in [-0.05, 0) is 22.4 Å². The van der Waals surface area contributed by atoms with Crippen molar-refractivity contribution in [3.63, 3.8) is 0 Å². The van der Waals surface area contributed by atoms with Crippen LogP contribution in [0.5, 0.6) is 0 Å². The van der Waals surface area contributed by atoms with Gasteiger partial charge in [-0.15, -0.1) is 0 Å². The van der Waals surface area contributed by atoms with Gasteiger partial charge < -0.3 is 5.73 Å². The Balaban J connectivity index is 0.000000531. The summed E-state index contributed by atoms with van der Waals surface area (Å²) in [6, 6.07) is 14.3. The Hall–Kier alpha value is -1.76. The molecule has 0 aromatic heterocycles. The quantitative estimate of drug-likeness (QED) is 0.742. The summed E-state index contributed by atoms with van der Waals surface area (Å²) in [5, 5.41) is 2.43. The van der Waals surface area contributed by atoms with E-state index in [9.17, 15) is 0 Å². The summed E-state index contributed by atoms with van der Waals surface area (Å²) < 4.78 is 0. The number of nitrogens with two attached hydrogens (primary N) is 1. The molecule has 1 nitrogen and oxygen atoms in total. The first-order chi connectivity index (χ1) is 7.27. The van der Waals surface area contributed by atoms with E-state index in [0.29, 0.717) is 5.70 Å². The Kier molecular flexibility index (Phi) is 3.92. The normalized spacial score (nSPS) is 9.20. The molecule has 0 amide bonds. The monoisotopic (exact) mass is 199 g/mol. The molecule has 0 aliphatic rings. The van der Waals surface area contributed by atoms with Crippen molar-refractivity contribution < 1.29 is 0 Å². The van der Waals surface area contributed by atoms with Crippen molar-refractivity contribution >= 4 is 16.5 Å². The summed E-state index contributed by atoms with van der Waals surface area (Å²) >= 11 is 0. The molecule has 0 saturated heterocycles. The van der Waals surface area contributed by atoms with Gasteiger partial charge in [-0.1, -0.05) is 56.8 Å². The summed E-state index contributed by atoms with van der Waals surface area (Å²) in [5.74, 6) is 0. The minimum Gasteiger partial charge on any atom is -0.399 e. The van der Waals surface area contributed by atoms with Gasteiger partial charge in [0.1, 0.15) is 0 Å². The number of benzene rings is 2. The zero-order valence-corrected chi connectivity index (χ0v) is 9.33. The summed E-state index contributed by atoms with van der Waals surface area (Å²) in [6.45, 7) is 7.71. The van der Waals surface area contributed by atoms with Gasteiger partial charge in [0, 0.05) is 5.70 Å². The molecule has 2 rings (SSSR count). The largest absolute Gasteiger partial charge is 0.399 e. The van der Waals surface area contributed by atoms with E-state index in [1.807, 2.05) is 32.0 Å². The summed E-state index contributed by atoms with van der Waals surface area (Å²) in [4.78, 5) is 0. The van der Waals surface area contributed by atoms with Crippen molar-refractivity contribution in [2.45, 2.75) is 13.8 Å². The fourth-order valence-corrected chi connectivity index (χ4v) is 1.39. The predicted octanol–water partition coefficient (Wildman–Crippen LogP) is 3.80. The van der Waals surface area contributed by atoms with Crippen molar-refractivity contribution in [1.82, 2.24) is 0 Å². The predicted molar refractivity (Wildman–Crippen MR) is 68.5 cm³/mol. The van der Waals surface area contributed by atoms with Gasteiger partial charge in [0.15, 0.2) is 0 Å². The second-order valence-corrected chi connectivity index (χ2v) is 3.09. The molecule has 0 heterocycles. The lowest BCUT2D eigenvalue weighted by atomic mass is 10.1. The lowest BCUT2D eigenvalue weighted by Crippen LogP contribution is -1.92. The van der Waals surface area contributed by atoms with Gasteiger partial charge in [0.2, 0.25) is 0 Å². The molecule has 0 atom stereocenters. The van der Waals surface area contributed by atoms with Crippen LogP contribution in [0.15, 0.2) is 49.0 Å². The molecule has 2 N–H and O–H groups in total. The van der Waals surface area contributed by atoms with Gasteiger partial charge in [-0.25, -0.2) is 0 Å². The second-order valence-electron chi connectivity index (χ2n) is 3.09. The van der Waals surface area contributed by atoms with Gasteiger partial charge in [-0.2, -0.15) is 0 Å². The number of hydrogen-bond donors (Lipinski definition) is 1. The molecule has 0 saturated carbocycles. The maximum absolute atomic E-state index is 5.61. The van der Waals surface area contributed by atoms with Gasteiger partial charge in [0.25, 0.3) is 0 Å². The minimum atomic E-state index is 0.616. The summed E-state index contributed by atoms with van der Waals surface area (Å²) in [7, 11) is 0. The number of fused-ring (bicyclic) bond motifs is 1. The van der Waals surface area contributed by atoms with Crippen LogP contribution in [-0.2, 0) is 0 Å². The fraction of sp³-hybridized carbons (Fsp3) is 0.143. The van der Waals surface area contributed by atoms with Crippen LogP contribution in [0.1, 0.15) is 19.4 Å². The Bertz CT molecular complexity index is 458. The Morgan fingerprint density at radius 2 is 1.60 bits per heavy atom. The van der Waals surface area contributed by atoms with E-state index in [1.54, 1.807) is 0 Å². The standard InChI is InChI=1S/C12H11N.C2H6/c1-9(13)11-7-6-10-4-2-3-5-12(10)8-11;1-2/h2-8H,1,13H2;1-2H3. The van der Waals surface area contributed by atoms with E-state index in [0.717, 1.165) is 5.56 Å². The molecular formula is C14H17N. The highest BCUT2D eigenvalue weighted by Crippen LogP contribution is 2.17. The van der Waals surface area contributed by atoms with Gasteiger partial charge in [-0.3, -0.25) is 0 Å². The molecule has 2 aromatic carbocycles. The molecule has 0 spiro atoms. The van der Waals surface area contributed by atoms with Crippen molar-refractivity contribution in [3.05, 3.63) is 54.6 Å². The first kappa shape index (κ1) is 11.3. The van der Waals surface area contributed by atoms with Crippen LogP contribution in [0.25, 0.3) is 16.5 Å². The summed E-state index contributed by atoms with van der Waals surface area (Å²) in [5.41, 5.74) is 7.23. The van der Waals surface area contributed by atoms with Gasteiger partial charge >= 0.3 is 0 Å². The zero-order valence-electron chi connectivity index (χ0n) is 9.33. The smallest absolute Gasteiger partial charge is 0.0314 e. The molecule has 0 radical (unpaired) electrons. The maximum atomic E-state index is 5.61. The van der Waals surface area contributed by atoms with Crippen LogP contribution in [-0.4, -0.2) is 0 Å². The third-order valence-corrected chi connectivity index (χ3v) is 2.12. The van der Waals surface area contributed by atoms with E-state index in [2.05, 4.69) is 30.8 Å². The Labute approximate surface area is 91.2 Å². The molecule has 0 aliphatic heterocycles. The molecule has 2 aromatic rings. The fourth-order valence-electron chi connectivity index (χ4n) is 1.39. The second kappa shape index (κ2) is 5.20. The summed E-state index contributed by atoms with van der Waals surface area (Å²) in [6.07, 6.45) is 0. The van der Waals surface area contributed by atoms with E-state index < -0.39 is 0 Å². The highest BCUT2D eigenvalue weighted by atomic mass is 14.6. The third kappa shape index (κ3) is 2.59. The molecule has 0 bridgehead atoms. The van der Waals surface area contributed by atoms with E-state index in [4.69, 9.17) is 5.73 Å². The van der Waals surface area contributed by atoms with Crippen LogP contribution >= 0.6 is 0 Å². The van der Waals surface area contributed by atoms with Crippen molar-refractivity contribution in [2.75, 3.05) is 0 Å². The first-order valence-electron chi connectivity index (χ1n) is 5.21. The molecule has 78 valence electrons. The van der Waals surface area contributed by atoms with E-state index in [-0.39, 0.29) is 0 Å².